The largest absolute Gasteiger partial charge is 0.359 e. The highest BCUT2D eigenvalue weighted by Crippen LogP contribution is 2.42. The minimum Gasteiger partial charge on any atom is -0.359 e. The average Bonchev–Trinajstić information content (AvgIpc) is 2.56. The molecule has 2 unspecified atom stereocenters. The van der Waals surface area contributed by atoms with Crippen LogP contribution in [0.2, 0.25) is 0 Å². The first kappa shape index (κ1) is 12.5. The zero-order chi connectivity index (χ0) is 11.6. The Balaban J connectivity index is 2.60. The third-order valence-electron chi connectivity index (χ3n) is 4.65. The first-order valence-electron chi connectivity index (χ1n) is 6.20. The summed E-state index contributed by atoms with van der Waals surface area (Å²) in [6, 6.07) is 0. The van der Waals surface area contributed by atoms with E-state index in [1.807, 2.05) is 0 Å². The maximum Gasteiger partial charge on any atom is 0.222 e. The smallest absolute Gasteiger partial charge is 0.222 e. The third kappa shape index (κ3) is 2.53. The molecule has 0 saturated heterocycles. The van der Waals surface area contributed by atoms with E-state index in [2.05, 4.69) is 33.0 Å². The summed E-state index contributed by atoms with van der Waals surface area (Å²) in [6.07, 6.45) is 2.63. The highest BCUT2D eigenvalue weighted by molar-refractivity contribution is 5.78. The minimum atomic E-state index is 0.146. The molecule has 0 heterocycles. The van der Waals surface area contributed by atoms with Gasteiger partial charge in [-0.15, -0.1) is 0 Å². The van der Waals surface area contributed by atoms with Crippen LogP contribution in [0.3, 0.4) is 0 Å². The van der Waals surface area contributed by atoms with Crippen molar-refractivity contribution in [1.82, 2.24) is 5.32 Å². The van der Waals surface area contributed by atoms with Crippen molar-refractivity contribution in [2.75, 3.05) is 7.05 Å². The Kier molecular flexibility index (Phi) is 4.18. The first-order chi connectivity index (χ1) is 6.99. The van der Waals surface area contributed by atoms with E-state index in [0.717, 1.165) is 17.8 Å². The fourth-order valence-electron chi connectivity index (χ4n) is 2.98. The van der Waals surface area contributed by atoms with Gasteiger partial charge < -0.3 is 5.32 Å². The van der Waals surface area contributed by atoms with Gasteiger partial charge in [-0.05, 0) is 30.1 Å². The fraction of sp³-hybridized carbons (Fsp3) is 0.923. The monoisotopic (exact) mass is 211 g/mol. The summed E-state index contributed by atoms with van der Waals surface area (Å²) in [4.78, 5) is 11.6. The van der Waals surface area contributed by atoms with Crippen LogP contribution < -0.4 is 5.32 Å². The summed E-state index contributed by atoms with van der Waals surface area (Å²) in [5, 5.41) is 2.76. The van der Waals surface area contributed by atoms with Crippen LogP contribution >= 0.6 is 0 Å². The molecule has 0 radical (unpaired) electrons. The predicted octanol–water partition coefficient (Wildman–Crippen LogP) is 2.69. The van der Waals surface area contributed by atoms with Gasteiger partial charge in [0.1, 0.15) is 0 Å². The van der Waals surface area contributed by atoms with Crippen molar-refractivity contribution >= 4 is 5.91 Å². The van der Waals surface area contributed by atoms with Gasteiger partial charge in [-0.1, -0.05) is 34.1 Å². The molecule has 1 rings (SSSR count). The van der Waals surface area contributed by atoms with Crippen molar-refractivity contribution in [3.8, 4) is 0 Å². The molecule has 0 aromatic carbocycles. The Labute approximate surface area is 93.8 Å². The third-order valence-corrected chi connectivity index (χ3v) is 4.65. The number of carbonyl (C=O) groups excluding carboxylic acids is 1. The van der Waals surface area contributed by atoms with E-state index < -0.39 is 0 Å². The summed E-state index contributed by atoms with van der Waals surface area (Å²) in [7, 11) is 1.73. The number of nitrogens with one attached hydrogen (secondary N) is 1. The predicted molar refractivity (Wildman–Crippen MR) is 63.4 cm³/mol. The summed E-state index contributed by atoms with van der Waals surface area (Å²) in [5.41, 5.74) is 0. The summed E-state index contributed by atoms with van der Waals surface area (Å²) in [6.45, 7) is 8.97. The minimum absolute atomic E-state index is 0.146. The Morgan fingerprint density at radius 1 is 1.27 bits per heavy atom. The molecule has 5 atom stereocenters. The summed E-state index contributed by atoms with van der Waals surface area (Å²) >= 11 is 0. The average molecular weight is 211 g/mol. The van der Waals surface area contributed by atoms with Gasteiger partial charge in [-0.25, -0.2) is 0 Å². The maximum atomic E-state index is 11.6. The Hall–Kier alpha value is -0.530. The van der Waals surface area contributed by atoms with Crippen molar-refractivity contribution in [2.45, 2.75) is 40.5 Å². The van der Waals surface area contributed by atoms with E-state index in [1.165, 1.54) is 12.8 Å². The number of hydrogen-bond donors (Lipinski definition) is 1. The van der Waals surface area contributed by atoms with Gasteiger partial charge in [-0.2, -0.15) is 0 Å². The molecule has 2 nitrogen and oxygen atoms in total. The van der Waals surface area contributed by atoms with Crippen molar-refractivity contribution < 1.29 is 4.79 Å². The van der Waals surface area contributed by atoms with E-state index >= 15 is 0 Å². The van der Waals surface area contributed by atoms with E-state index in [1.54, 1.807) is 7.05 Å². The van der Waals surface area contributed by atoms with Crippen molar-refractivity contribution in [3.63, 3.8) is 0 Å². The highest BCUT2D eigenvalue weighted by atomic mass is 16.1. The lowest BCUT2D eigenvalue weighted by Crippen LogP contribution is -2.33. The molecule has 1 aliphatic carbocycles. The standard InChI is InChI=1S/C13H25NO/c1-8-6-7-12(9(8)2)10(3)11(4)13(15)14-5/h8-12H,6-7H2,1-5H3,(H,14,15)/t8-,9?,10-,11+,12?/m1/s1. The molecule has 1 N–H and O–H groups in total. The lowest BCUT2D eigenvalue weighted by Gasteiger charge is -2.28. The van der Waals surface area contributed by atoms with Crippen LogP contribution in [0.4, 0.5) is 0 Å². The van der Waals surface area contributed by atoms with Gasteiger partial charge >= 0.3 is 0 Å². The summed E-state index contributed by atoms with van der Waals surface area (Å²) in [5.74, 6) is 3.17. The molecule has 0 aromatic heterocycles. The second kappa shape index (κ2) is 5.00. The molecular formula is C13H25NO. The number of amides is 1. The van der Waals surface area contributed by atoms with Gasteiger partial charge in [0.05, 0.1) is 0 Å². The van der Waals surface area contributed by atoms with Crippen molar-refractivity contribution in [3.05, 3.63) is 0 Å². The van der Waals surface area contributed by atoms with Gasteiger partial charge in [-0.3, -0.25) is 4.79 Å². The summed E-state index contributed by atoms with van der Waals surface area (Å²) < 4.78 is 0. The van der Waals surface area contributed by atoms with Crippen LogP contribution in [0.5, 0.6) is 0 Å². The van der Waals surface area contributed by atoms with Crippen LogP contribution in [0.1, 0.15) is 40.5 Å². The Morgan fingerprint density at radius 3 is 2.27 bits per heavy atom. The topological polar surface area (TPSA) is 29.1 Å². The zero-order valence-electron chi connectivity index (χ0n) is 10.7. The lowest BCUT2D eigenvalue weighted by atomic mass is 9.77. The Morgan fingerprint density at radius 2 is 1.87 bits per heavy atom. The van der Waals surface area contributed by atoms with Crippen LogP contribution in [-0.4, -0.2) is 13.0 Å². The fourth-order valence-corrected chi connectivity index (χ4v) is 2.98. The lowest BCUT2D eigenvalue weighted by molar-refractivity contribution is -0.126. The molecule has 1 amide bonds. The number of carbonyl (C=O) groups is 1. The van der Waals surface area contributed by atoms with Gasteiger partial charge in [0.25, 0.3) is 0 Å². The van der Waals surface area contributed by atoms with E-state index in [9.17, 15) is 4.79 Å². The number of rotatable bonds is 3. The molecule has 1 aliphatic rings. The highest BCUT2D eigenvalue weighted by Gasteiger charge is 2.36. The second-order valence-corrected chi connectivity index (χ2v) is 5.34. The van der Waals surface area contributed by atoms with Crippen LogP contribution in [0.25, 0.3) is 0 Å². The molecule has 1 saturated carbocycles. The molecule has 15 heavy (non-hydrogen) atoms. The molecule has 0 aliphatic heterocycles. The van der Waals surface area contributed by atoms with Crippen molar-refractivity contribution in [1.29, 1.82) is 0 Å². The van der Waals surface area contributed by atoms with E-state index in [4.69, 9.17) is 0 Å². The Bertz CT molecular complexity index is 227. The first-order valence-corrected chi connectivity index (χ1v) is 6.20. The van der Waals surface area contributed by atoms with Crippen LogP contribution in [0.15, 0.2) is 0 Å². The maximum absolute atomic E-state index is 11.6. The SMILES string of the molecule is CNC(=O)[C@@H](C)[C@@H](C)C1CC[C@@H](C)C1C. The molecule has 0 bridgehead atoms. The molecule has 0 aromatic rings. The second-order valence-electron chi connectivity index (χ2n) is 5.34. The quantitative estimate of drug-likeness (QED) is 0.764. The molecule has 0 spiro atoms. The van der Waals surface area contributed by atoms with E-state index in [0.29, 0.717) is 5.92 Å². The molecule has 2 heteroatoms. The molecule has 1 fully saturated rings. The van der Waals surface area contributed by atoms with Crippen molar-refractivity contribution in [2.24, 2.45) is 29.6 Å². The van der Waals surface area contributed by atoms with Crippen LogP contribution in [-0.2, 0) is 4.79 Å². The zero-order valence-corrected chi connectivity index (χ0v) is 10.7. The van der Waals surface area contributed by atoms with Gasteiger partial charge in [0.2, 0.25) is 5.91 Å². The number of hydrogen-bond acceptors (Lipinski definition) is 1. The normalized spacial score (nSPS) is 34.9. The van der Waals surface area contributed by atoms with Crippen LogP contribution in [0, 0.1) is 29.6 Å². The molecular weight excluding hydrogens is 186 g/mol. The van der Waals surface area contributed by atoms with Gasteiger partial charge in [0.15, 0.2) is 0 Å². The molecule has 88 valence electrons. The van der Waals surface area contributed by atoms with E-state index in [-0.39, 0.29) is 11.8 Å². The van der Waals surface area contributed by atoms with Gasteiger partial charge in [0, 0.05) is 13.0 Å².